The number of rotatable bonds is 4. The van der Waals surface area contributed by atoms with E-state index in [0.717, 1.165) is 0 Å². The molecule has 0 fully saturated rings. The van der Waals surface area contributed by atoms with Crippen molar-refractivity contribution < 1.29 is 36.2 Å². The number of carbonyl (C=O) groups is 1. The molecule has 0 saturated carbocycles. The van der Waals surface area contributed by atoms with Crippen LogP contribution in [0.5, 0.6) is 0 Å². The molecule has 0 aliphatic rings. The van der Waals surface area contributed by atoms with Crippen LogP contribution in [0.4, 0.5) is 26.3 Å². The molecule has 0 rings (SSSR count). The summed E-state index contributed by atoms with van der Waals surface area (Å²) in [5, 5.41) is 10.2. The number of aliphatic hydroxyl groups is 1. The van der Waals surface area contributed by atoms with Crippen LogP contribution in [-0.4, -0.2) is 36.0 Å². The van der Waals surface area contributed by atoms with E-state index in [0.29, 0.717) is 0 Å². The molecule has 0 spiro atoms. The molecule has 17 heavy (non-hydrogen) atoms. The van der Waals surface area contributed by atoms with Gasteiger partial charge in [0.25, 0.3) is 0 Å². The highest BCUT2D eigenvalue weighted by Gasteiger charge is 2.60. The smallest absolute Gasteiger partial charge is 0.393 e. The minimum atomic E-state index is -5.69. The first-order valence-electron chi connectivity index (χ1n) is 4.55. The fourth-order valence-corrected chi connectivity index (χ4v) is 0.989. The van der Waals surface area contributed by atoms with Gasteiger partial charge in [-0.25, -0.2) is 0 Å². The molecule has 0 heterocycles. The Labute approximate surface area is 92.8 Å². The van der Waals surface area contributed by atoms with E-state index in [-0.39, 0.29) is 6.42 Å². The van der Waals surface area contributed by atoms with E-state index in [2.05, 4.69) is 0 Å². The third kappa shape index (κ3) is 5.76. The summed E-state index contributed by atoms with van der Waals surface area (Å²) in [5.74, 6) is -6.20. The van der Waals surface area contributed by atoms with Gasteiger partial charge in [0.05, 0.1) is 6.10 Å². The number of carbonyl (C=O) groups excluding carboxylic acids is 1. The second-order valence-electron chi connectivity index (χ2n) is 3.44. The monoisotopic (exact) mass is 267 g/mol. The number of nitrogens with one attached hydrogen (secondary N) is 1. The van der Waals surface area contributed by atoms with E-state index in [1.807, 2.05) is 0 Å². The summed E-state index contributed by atoms with van der Waals surface area (Å²) in [7, 11) is 0. The number of aliphatic hydroxyl groups excluding tert-OH is 1. The average Bonchev–Trinajstić information content (AvgIpc) is 1.96. The molecule has 0 saturated heterocycles. The SMILES string of the molecule is CC(O)CCNC(=O)C(C(F)(F)F)C(F)(F)F. The van der Waals surface area contributed by atoms with E-state index in [1.165, 1.54) is 12.2 Å². The molecule has 0 radical (unpaired) electrons. The Hall–Kier alpha value is -0.990. The molecule has 0 aromatic carbocycles. The van der Waals surface area contributed by atoms with Gasteiger partial charge < -0.3 is 10.4 Å². The van der Waals surface area contributed by atoms with Gasteiger partial charge in [0.15, 0.2) is 0 Å². The predicted octanol–water partition coefficient (Wildman–Crippen LogP) is 1.61. The van der Waals surface area contributed by atoms with E-state index < -0.39 is 36.8 Å². The van der Waals surface area contributed by atoms with Gasteiger partial charge in [0.1, 0.15) is 0 Å². The van der Waals surface area contributed by atoms with Gasteiger partial charge in [0.2, 0.25) is 11.8 Å². The Bertz CT molecular complexity index is 246. The lowest BCUT2D eigenvalue weighted by molar-refractivity contribution is -0.274. The Kier molecular flexibility index (Phi) is 5.24. The quantitative estimate of drug-likeness (QED) is 0.760. The van der Waals surface area contributed by atoms with Crippen molar-refractivity contribution in [3.05, 3.63) is 0 Å². The molecule has 1 amide bonds. The maximum absolute atomic E-state index is 12.0. The van der Waals surface area contributed by atoms with E-state index in [4.69, 9.17) is 5.11 Å². The first-order valence-corrected chi connectivity index (χ1v) is 4.55. The van der Waals surface area contributed by atoms with Gasteiger partial charge in [-0.2, -0.15) is 26.3 Å². The molecule has 102 valence electrons. The number of hydrogen-bond acceptors (Lipinski definition) is 2. The van der Waals surface area contributed by atoms with Crippen LogP contribution in [0.3, 0.4) is 0 Å². The minimum absolute atomic E-state index is 0.131. The zero-order valence-corrected chi connectivity index (χ0v) is 8.69. The number of alkyl halides is 6. The number of halogens is 6. The van der Waals surface area contributed by atoms with E-state index in [1.54, 1.807) is 0 Å². The van der Waals surface area contributed by atoms with Crippen LogP contribution in [-0.2, 0) is 4.79 Å². The lowest BCUT2D eigenvalue weighted by Gasteiger charge is -2.22. The first-order chi connectivity index (χ1) is 7.46. The lowest BCUT2D eigenvalue weighted by Crippen LogP contribution is -2.48. The zero-order chi connectivity index (χ0) is 13.9. The highest BCUT2D eigenvalue weighted by molar-refractivity contribution is 5.80. The van der Waals surface area contributed by atoms with Crippen molar-refractivity contribution in [3.8, 4) is 0 Å². The van der Waals surface area contributed by atoms with Gasteiger partial charge in [-0.15, -0.1) is 0 Å². The van der Waals surface area contributed by atoms with E-state index in [9.17, 15) is 31.1 Å². The van der Waals surface area contributed by atoms with Crippen LogP contribution in [0.2, 0.25) is 0 Å². The van der Waals surface area contributed by atoms with Crippen LogP contribution in [0, 0.1) is 5.92 Å². The maximum Gasteiger partial charge on any atom is 0.409 e. The lowest BCUT2D eigenvalue weighted by atomic mass is 10.1. The van der Waals surface area contributed by atoms with Crippen LogP contribution >= 0.6 is 0 Å². The van der Waals surface area contributed by atoms with Crippen molar-refractivity contribution in [2.45, 2.75) is 31.8 Å². The summed E-state index contributed by atoms with van der Waals surface area (Å²) < 4.78 is 72.1. The van der Waals surface area contributed by atoms with Gasteiger partial charge in [0, 0.05) is 6.54 Å². The maximum atomic E-state index is 12.0. The summed E-state index contributed by atoms with van der Waals surface area (Å²) in [6.45, 7) is 0.830. The van der Waals surface area contributed by atoms with Crippen LogP contribution in [0.1, 0.15) is 13.3 Å². The van der Waals surface area contributed by atoms with Crippen molar-refractivity contribution >= 4 is 5.91 Å². The molecular formula is C8H11F6NO2. The second-order valence-corrected chi connectivity index (χ2v) is 3.44. The molecule has 0 aliphatic heterocycles. The molecule has 0 aromatic heterocycles. The molecule has 9 heteroatoms. The highest BCUT2D eigenvalue weighted by Crippen LogP contribution is 2.39. The molecule has 1 unspecified atom stereocenters. The van der Waals surface area contributed by atoms with Crippen molar-refractivity contribution in [1.29, 1.82) is 0 Å². The molecule has 0 aromatic rings. The van der Waals surface area contributed by atoms with Gasteiger partial charge in [-0.1, -0.05) is 0 Å². The average molecular weight is 267 g/mol. The zero-order valence-electron chi connectivity index (χ0n) is 8.69. The summed E-state index contributed by atoms with van der Waals surface area (Å²) in [4.78, 5) is 10.8. The summed E-state index contributed by atoms with van der Waals surface area (Å²) >= 11 is 0. The van der Waals surface area contributed by atoms with Gasteiger partial charge in [-0.3, -0.25) is 4.79 Å². The Morgan fingerprint density at radius 2 is 1.59 bits per heavy atom. The topological polar surface area (TPSA) is 49.3 Å². The fourth-order valence-electron chi connectivity index (χ4n) is 0.989. The van der Waals surface area contributed by atoms with Crippen molar-refractivity contribution in [2.24, 2.45) is 5.92 Å². The summed E-state index contributed by atoms with van der Waals surface area (Å²) in [6.07, 6.45) is -12.4. The molecular weight excluding hydrogens is 256 g/mol. The Balaban J connectivity index is 4.58. The number of hydrogen-bond donors (Lipinski definition) is 2. The summed E-state index contributed by atoms with van der Waals surface area (Å²) in [6, 6.07) is 0. The third-order valence-electron chi connectivity index (χ3n) is 1.78. The largest absolute Gasteiger partial charge is 0.409 e. The highest BCUT2D eigenvalue weighted by atomic mass is 19.4. The van der Waals surface area contributed by atoms with Gasteiger partial charge >= 0.3 is 12.4 Å². The Morgan fingerprint density at radius 1 is 1.18 bits per heavy atom. The fraction of sp³-hybridized carbons (Fsp3) is 0.875. The van der Waals surface area contributed by atoms with E-state index >= 15 is 0 Å². The normalized spacial score (nSPS) is 14.9. The standard InChI is InChI=1S/C8H11F6NO2/c1-4(16)2-3-15-6(17)5(7(9,10)11)8(12,13)14/h4-5,16H,2-3H2,1H3,(H,15,17). The van der Waals surface area contributed by atoms with Crippen molar-refractivity contribution in [2.75, 3.05) is 6.54 Å². The first kappa shape index (κ1) is 16.0. The minimum Gasteiger partial charge on any atom is -0.393 e. The molecule has 0 aliphatic carbocycles. The van der Waals surface area contributed by atoms with Crippen LogP contribution < -0.4 is 5.32 Å². The molecule has 1 atom stereocenters. The molecule has 2 N–H and O–H groups in total. The van der Waals surface area contributed by atoms with Crippen LogP contribution in [0.15, 0.2) is 0 Å². The predicted molar refractivity (Wildman–Crippen MR) is 44.9 cm³/mol. The molecule has 0 bridgehead atoms. The second kappa shape index (κ2) is 5.56. The van der Waals surface area contributed by atoms with Crippen LogP contribution in [0.25, 0.3) is 0 Å². The van der Waals surface area contributed by atoms with Crippen molar-refractivity contribution in [3.63, 3.8) is 0 Å². The van der Waals surface area contributed by atoms with Crippen molar-refractivity contribution in [1.82, 2.24) is 5.32 Å². The van der Waals surface area contributed by atoms with Gasteiger partial charge in [-0.05, 0) is 13.3 Å². The number of amides is 1. The Morgan fingerprint density at radius 3 is 1.88 bits per heavy atom. The third-order valence-corrected chi connectivity index (χ3v) is 1.78. The molecule has 3 nitrogen and oxygen atoms in total. The summed E-state index contributed by atoms with van der Waals surface area (Å²) in [5.41, 5.74) is 0.